The molecule has 1 fully saturated rings. The highest BCUT2D eigenvalue weighted by molar-refractivity contribution is 5.94. The molecule has 2 aromatic heterocycles. The molecule has 2 aromatic carbocycles. The van der Waals surface area contributed by atoms with Crippen LogP contribution in [0.1, 0.15) is 53.0 Å². The number of imidazole rings is 1. The third kappa shape index (κ3) is 6.16. The number of ether oxygens (including phenoxy) is 1. The summed E-state index contributed by atoms with van der Waals surface area (Å²) in [5.74, 6) is -0.686. The second kappa shape index (κ2) is 11.0. The summed E-state index contributed by atoms with van der Waals surface area (Å²) in [5, 5.41) is 2.92. The lowest BCUT2D eigenvalue weighted by atomic mass is 9.89. The smallest absolute Gasteiger partial charge is 0.406 e. The zero-order chi connectivity index (χ0) is 27.6. The Kier molecular flexibility index (Phi) is 7.45. The number of pyridine rings is 1. The number of aromatic nitrogens is 2. The van der Waals surface area contributed by atoms with Gasteiger partial charge >= 0.3 is 6.36 Å². The molecule has 1 aliphatic rings. The number of alkyl halides is 3. The van der Waals surface area contributed by atoms with E-state index in [1.54, 1.807) is 18.2 Å². The molecule has 5 rings (SSSR count). The number of carbonyl (C=O) groups excluding carboxylic acids is 1. The predicted octanol–water partition coefficient (Wildman–Crippen LogP) is 6.25. The molecule has 4 aromatic rings. The molecule has 3 heterocycles. The summed E-state index contributed by atoms with van der Waals surface area (Å²) in [6.07, 6.45) is -1.10. The van der Waals surface area contributed by atoms with Crippen molar-refractivity contribution in [2.75, 3.05) is 18.0 Å². The second-order valence-corrected chi connectivity index (χ2v) is 9.56. The van der Waals surface area contributed by atoms with E-state index < -0.39 is 12.2 Å². The van der Waals surface area contributed by atoms with Crippen LogP contribution < -0.4 is 15.0 Å². The molecule has 0 saturated carbocycles. The van der Waals surface area contributed by atoms with Crippen molar-refractivity contribution in [1.82, 2.24) is 14.7 Å². The SMILES string of the molecule is CCc1nc2ccc(F)cn2c1C(=O)NCc1ccc(N2CCC(c3ccc(OC(F)(F)F)cc3)CC2)cc1. The first kappa shape index (κ1) is 26.5. The molecule has 1 N–H and O–H groups in total. The first-order chi connectivity index (χ1) is 18.7. The number of anilines is 1. The van der Waals surface area contributed by atoms with Crippen molar-refractivity contribution in [2.45, 2.75) is 45.0 Å². The van der Waals surface area contributed by atoms with Crippen LogP contribution in [-0.4, -0.2) is 34.7 Å². The molecular weight excluding hydrogens is 512 g/mol. The molecule has 1 aliphatic heterocycles. The van der Waals surface area contributed by atoms with Crippen LogP contribution in [0, 0.1) is 5.82 Å². The number of benzene rings is 2. The number of carbonyl (C=O) groups is 1. The van der Waals surface area contributed by atoms with Gasteiger partial charge in [-0.2, -0.15) is 0 Å². The minimum atomic E-state index is -4.69. The Morgan fingerprint density at radius 2 is 1.72 bits per heavy atom. The van der Waals surface area contributed by atoms with Gasteiger partial charge in [0.25, 0.3) is 5.91 Å². The molecule has 0 spiro atoms. The maximum Gasteiger partial charge on any atom is 0.573 e. The summed E-state index contributed by atoms with van der Waals surface area (Å²) in [6.45, 7) is 3.87. The number of nitrogens with one attached hydrogen (secondary N) is 1. The normalized spacial score (nSPS) is 14.5. The monoisotopic (exact) mass is 540 g/mol. The molecule has 1 saturated heterocycles. The standard InChI is InChI=1S/C29H28F4N4O2/c1-2-25-27(37-18-22(30)7-12-26(37)35-25)28(38)34-17-19-3-8-23(9-4-19)36-15-13-21(14-16-36)20-5-10-24(11-6-20)39-29(31,32)33/h3-12,18,21H,2,13-17H2,1H3,(H,34,38). The van der Waals surface area contributed by atoms with E-state index in [2.05, 4.69) is 19.9 Å². The minimum absolute atomic E-state index is 0.210. The van der Waals surface area contributed by atoms with Gasteiger partial charge in [-0.15, -0.1) is 13.2 Å². The number of halogens is 4. The van der Waals surface area contributed by atoms with Gasteiger partial charge in [-0.1, -0.05) is 31.2 Å². The molecule has 0 aliphatic carbocycles. The van der Waals surface area contributed by atoms with E-state index in [1.807, 2.05) is 31.2 Å². The van der Waals surface area contributed by atoms with Gasteiger partial charge in [-0.25, -0.2) is 9.37 Å². The van der Waals surface area contributed by atoms with E-state index in [4.69, 9.17) is 0 Å². The zero-order valence-electron chi connectivity index (χ0n) is 21.3. The number of rotatable bonds is 7. The van der Waals surface area contributed by atoms with Crippen LogP contribution in [-0.2, 0) is 13.0 Å². The van der Waals surface area contributed by atoms with Gasteiger partial charge in [0.05, 0.1) is 5.69 Å². The Bertz CT molecular complexity index is 1440. The van der Waals surface area contributed by atoms with E-state index in [0.717, 1.165) is 42.7 Å². The van der Waals surface area contributed by atoms with Crippen LogP contribution in [0.25, 0.3) is 5.65 Å². The van der Waals surface area contributed by atoms with Crippen molar-refractivity contribution in [2.24, 2.45) is 0 Å². The van der Waals surface area contributed by atoms with Crippen LogP contribution in [0.15, 0.2) is 66.9 Å². The quantitative estimate of drug-likeness (QED) is 0.282. The molecule has 1 amide bonds. The number of hydrogen-bond donors (Lipinski definition) is 1. The van der Waals surface area contributed by atoms with Gasteiger partial charge in [0.1, 0.15) is 22.9 Å². The fourth-order valence-electron chi connectivity index (χ4n) is 5.06. The van der Waals surface area contributed by atoms with Crippen LogP contribution >= 0.6 is 0 Å². The van der Waals surface area contributed by atoms with E-state index in [0.29, 0.717) is 30.0 Å². The minimum Gasteiger partial charge on any atom is -0.406 e. The number of fused-ring (bicyclic) bond motifs is 1. The lowest BCUT2D eigenvalue weighted by Gasteiger charge is -2.34. The fraction of sp³-hybridized carbons (Fsp3) is 0.310. The second-order valence-electron chi connectivity index (χ2n) is 9.56. The van der Waals surface area contributed by atoms with Crippen LogP contribution in [0.3, 0.4) is 0 Å². The van der Waals surface area contributed by atoms with Gasteiger partial charge in [0.2, 0.25) is 0 Å². The van der Waals surface area contributed by atoms with Crippen molar-refractivity contribution >= 4 is 17.2 Å². The van der Waals surface area contributed by atoms with Crippen molar-refractivity contribution in [1.29, 1.82) is 0 Å². The van der Waals surface area contributed by atoms with Crippen LogP contribution in [0.4, 0.5) is 23.2 Å². The van der Waals surface area contributed by atoms with Crippen molar-refractivity contribution in [3.63, 3.8) is 0 Å². The first-order valence-corrected chi connectivity index (χ1v) is 12.8. The zero-order valence-corrected chi connectivity index (χ0v) is 21.3. The maximum absolute atomic E-state index is 13.8. The summed E-state index contributed by atoms with van der Waals surface area (Å²) >= 11 is 0. The highest BCUT2D eigenvalue weighted by Crippen LogP contribution is 2.32. The third-order valence-electron chi connectivity index (χ3n) is 7.04. The summed E-state index contributed by atoms with van der Waals surface area (Å²) in [5.41, 5.74) is 4.50. The number of amides is 1. The molecule has 10 heteroatoms. The van der Waals surface area contributed by atoms with Gasteiger partial charge in [0.15, 0.2) is 0 Å². The maximum atomic E-state index is 13.8. The number of hydrogen-bond acceptors (Lipinski definition) is 4. The van der Waals surface area contributed by atoms with Crippen molar-refractivity contribution in [3.05, 3.63) is 95.2 Å². The molecule has 0 atom stereocenters. The Labute approximate surface area is 223 Å². The Morgan fingerprint density at radius 3 is 2.36 bits per heavy atom. The third-order valence-corrected chi connectivity index (χ3v) is 7.04. The van der Waals surface area contributed by atoms with Crippen molar-refractivity contribution in [3.8, 4) is 5.75 Å². The Morgan fingerprint density at radius 1 is 1.03 bits per heavy atom. The highest BCUT2D eigenvalue weighted by atomic mass is 19.4. The number of nitrogens with zero attached hydrogens (tertiary/aromatic N) is 3. The molecular formula is C29H28F4N4O2. The lowest BCUT2D eigenvalue weighted by molar-refractivity contribution is -0.274. The van der Waals surface area contributed by atoms with Gasteiger partial charge < -0.3 is 15.0 Å². The number of aryl methyl sites for hydroxylation is 1. The predicted molar refractivity (Wildman–Crippen MR) is 139 cm³/mol. The van der Waals surface area contributed by atoms with Crippen LogP contribution in [0.5, 0.6) is 5.75 Å². The molecule has 0 bridgehead atoms. The van der Waals surface area contributed by atoms with Crippen LogP contribution in [0.2, 0.25) is 0 Å². The van der Waals surface area contributed by atoms with Gasteiger partial charge in [0, 0.05) is 31.5 Å². The fourth-order valence-corrected chi connectivity index (χ4v) is 5.06. The Balaban J connectivity index is 1.16. The van der Waals surface area contributed by atoms with Gasteiger partial charge in [-0.3, -0.25) is 9.20 Å². The average molecular weight is 541 g/mol. The number of piperidine rings is 1. The average Bonchev–Trinajstić information content (AvgIpc) is 3.29. The largest absolute Gasteiger partial charge is 0.573 e. The molecule has 39 heavy (non-hydrogen) atoms. The van der Waals surface area contributed by atoms with Crippen molar-refractivity contribution < 1.29 is 27.1 Å². The van der Waals surface area contributed by atoms with E-state index in [9.17, 15) is 22.4 Å². The summed E-state index contributed by atoms with van der Waals surface area (Å²) in [7, 11) is 0. The van der Waals surface area contributed by atoms with E-state index >= 15 is 0 Å². The summed E-state index contributed by atoms with van der Waals surface area (Å²) < 4.78 is 56.4. The molecule has 204 valence electrons. The topological polar surface area (TPSA) is 58.9 Å². The van der Waals surface area contributed by atoms with Gasteiger partial charge in [-0.05, 0) is 72.7 Å². The highest BCUT2D eigenvalue weighted by Gasteiger charge is 2.31. The summed E-state index contributed by atoms with van der Waals surface area (Å²) in [6, 6.07) is 17.0. The lowest BCUT2D eigenvalue weighted by Crippen LogP contribution is -2.32. The van der Waals surface area contributed by atoms with E-state index in [-0.39, 0.29) is 17.6 Å². The molecule has 0 unspecified atom stereocenters. The summed E-state index contributed by atoms with van der Waals surface area (Å²) in [4.78, 5) is 19.7. The van der Waals surface area contributed by atoms with E-state index in [1.165, 1.54) is 28.8 Å². The Hall–Kier alpha value is -4.08. The first-order valence-electron chi connectivity index (χ1n) is 12.8. The molecule has 6 nitrogen and oxygen atoms in total. The molecule has 0 radical (unpaired) electrons.